The topological polar surface area (TPSA) is 58.1 Å². The number of nitrogens with one attached hydrogen (secondary N) is 1. The number of aromatic nitrogens is 2. The second-order valence-electron chi connectivity index (χ2n) is 8.43. The Kier molecular flexibility index (Phi) is 6.55. The number of benzene rings is 1. The summed E-state index contributed by atoms with van der Waals surface area (Å²) in [7, 11) is 0. The maximum atomic E-state index is 13.1. The number of nitrogens with zero attached hydrogens (tertiary/aromatic N) is 3. The van der Waals surface area contributed by atoms with Gasteiger partial charge in [-0.25, -0.2) is 9.97 Å². The zero-order valence-electron chi connectivity index (χ0n) is 17.4. The van der Waals surface area contributed by atoms with E-state index in [1.807, 2.05) is 37.3 Å². The number of hydrogen-bond donors (Lipinski definition) is 1. The first-order valence-electron chi connectivity index (χ1n) is 11.1. The maximum absolute atomic E-state index is 13.1. The second-order valence-corrected chi connectivity index (χ2v) is 8.43. The highest BCUT2D eigenvalue weighted by molar-refractivity contribution is 5.95. The Bertz CT molecular complexity index is 817. The van der Waals surface area contributed by atoms with Gasteiger partial charge < -0.3 is 5.32 Å². The molecular formula is C24H32N4O. The van der Waals surface area contributed by atoms with Gasteiger partial charge >= 0.3 is 0 Å². The standard InChI is InChI=1S/C24H32N4O/c1-18-25-17-21(24(29)26-16-19-10-4-2-5-11-19)23(27-18)22-14-8-9-15-28(22)20-12-6-3-7-13-20/h2,4-5,10-11,17,20,22H,3,6-9,12-16H2,1H3,(H,26,29). The van der Waals surface area contributed by atoms with Gasteiger partial charge in [-0.05, 0) is 44.7 Å². The Hall–Kier alpha value is -2.27. The molecule has 29 heavy (non-hydrogen) atoms. The molecule has 2 aromatic rings. The quantitative estimate of drug-likeness (QED) is 0.809. The molecule has 2 heterocycles. The molecule has 1 saturated heterocycles. The smallest absolute Gasteiger partial charge is 0.255 e. The Morgan fingerprint density at radius 3 is 2.62 bits per heavy atom. The van der Waals surface area contributed by atoms with Crippen LogP contribution in [-0.4, -0.2) is 33.4 Å². The minimum atomic E-state index is -0.0713. The van der Waals surface area contributed by atoms with Gasteiger partial charge in [0, 0.05) is 18.8 Å². The summed E-state index contributed by atoms with van der Waals surface area (Å²) >= 11 is 0. The third-order valence-electron chi connectivity index (χ3n) is 6.38. The number of rotatable bonds is 5. The van der Waals surface area contributed by atoms with E-state index in [0.29, 0.717) is 18.2 Å². The van der Waals surface area contributed by atoms with Crippen LogP contribution >= 0.6 is 0 Å². The molecule has 1 aromatic carbocycles. The molecule has 154 valence electrons. The number of carbonyl (C=O) groups is 1. The van der Waals surface area contributed by atoms with Crippen LogP contribution in [-0.2, 0) is 6.54 Å². The average molecular weight is 393 g/mol. The Labute approximate surface area is 173 Å². The van der Waals surface area contributed by atoms with Gasteiger partial charge in [0.25, 0.3) is 5.91 Å². The highest BCUT2D eigenvalue weighted by Gasteiger charge is 2.34. The van der Waals surface area contributed by atoms with Crippen molar-refractivity contribution in [3.8, 4) is 0 Å². The maximum Gasteiger partial charge on any atom is 0.255 e. The average Bonchev–Trinajstić information content (AvgIpc) is 2.79. The first-order valence-corrected chi connectivity index (χ1v) is 11.1. The van der Waals surface area contributed by atoms with E-state index < -0.39 is 0 Å². The number of carbonyl (C=O) groups excluding carboxylic acids is 1. The summed E-state index contributed by atoms with van der Waals surface area (Å²) in [4.78, 5) is 24.9. The molecule has 2 fully saturated rings. The highest BCUT2D eigenvalue weighted by atomic mass is 16.1. The molecule has 1 aromatic heterocycles. The van der Waals surface area contributed by atoms with E-state index in [0.717, 1.165) is 30.0 Å². The molecule has 0 bridgehead atoms. The Morgan fingerprint density at radius 1 is 1.07 bits per heavy atom. The number of piperidine rings is 1. The first-order chi connectivity index (χ1) is 14.2. The molecule has 2 aliphatic rings. The third-order valence-corrected chi connectivity index (χ3v) is 6.38. The van der Waals surface area contributed by atoms with Gasteiger partial charge in [0.2, 0.25) is 0 Å². The van der Waals surface area contributed by atoms with E-state index in [1.54, 1.807) is 6.20 Å². The fourth-order valence-electron chi connectivity index (χ4n) is 4.89. The van der Waals surface area contributed by atoms with Crippen molar-refractivity contribution in [2.45, 2.75) is 76.9 Å². The van der Waals surface area contributed by atoms with Crippen molar-refractivity contribution in [3.63, 3.8) is 0 Å². The lowest BCUT2D eigenvalue weighted by atomic mass is 9.88. The molecule has 1 N–H and O–H groups in total. The lowest BCUT2D eigenvalue weighted by Gasteiger charge is -2.43. The zero-order valence-corrected chi connectivity index (χ0v) is 17.4. The van der Waals surface area contributed by atoms with Crippen LogP contribution in [0, 0.1) is 6.92 Å². The largest absolute Gasteiger partial charge is 0.348 e. The van der Waals surface area contributed by atoms with Crippen molar-refractivity contribution >= 4 is 5.91 Å². The number of amides is 1. The van der Waals surface area contributed by atoms with Crippen LogP contribution in [0.2, 0.25) is 0 Å². The SMILES string of the molecule is Cc1ncc(C(=O)NCc2ccccc2)c(C2CCCCN2C2CCCCC2)n1. The third kappa shape index (κ3) is 4.84. The van der Waals surface area contributed by atoms with Crippen LogP contribution < -0.4 is 5.32 Å². The van der Waals surface area contributed by atoms with Crippen LogP contribution in [0.1, 0.15) is 84.8 Å². The molecular weight excluding hydrogens is 360 g/mol. The van der Waals surface area contributed by atoms with Gasteiger partial charge in [-0.3, -0.25) is 9.69 Å². The summed E-state index contributed by atoms with van der Waals surface area (Å²) in [6.07, 6.45) is 11.8. The molecule has 1 unspecified atom stereocenters. The minimum absolute atomic E-state index is 0.0713. The highest BCUT2D eigenvalue weighted by Crippen LogP contribution is 2.37. The fraction of sp³-hybridized carbons (Fsp3) is 0.542. The molecule has 1 atom stereocenters. The summed E-state index contributed by atoms with van der Waals surface area (Å²) in [5.41, 5.74) is 2.66. The summed E-state index contributed by atoms with van der Waals surface area (Å²) in [6.45, 7) is 3.55. The van der Waals surface area contributed by atoms with Crippen molar-refractivity contribution in [1.29, 1.82) is 0 Å². The molecule has 4 rings (SSSR count). The summed E-state index contributed by atoms with van der Waals surface area (Å²) in [5, 5.41) is 3.07. The summed E-state index contributed by atoms with van der Waals surface area (Å²) < 4.78 is 0. The van der Waals surface area contributed by atoms with Crippen LogP contribution in [0.15, 0.2) is 36.5 Å². The predicted octanol–water partition coefficient (Wildman–Crippen LogP) is 4.57. The van der Waals surface area contributed by atoms with Gasteiger partial charge in [0.1, 0.15) is 5.82 Å². The molecule has 0 radical (unpaired) electrons. The predicted molar refractivity (Wildman–Crippen MR) is 115 cm³/mol. The van der Waals surface area contributed by atoms with Crippen LogP contribution in [0.3, 0.4) is 0 Å². The van der Waals surface area contributed by atoms with Gasteiger partial charge in [0.05, 0.1) is 17.3 Å². The monoisotopic (exact) mass is 392 g/mol. The van der Waals surface area contributed by atoms with Gasteiger partial charge in [-0.15, -0.1) is 0 Å². The Morgan fingerprint density at radius 2 is 1.83 bits per heavy atom. The summed E-state index contributed by atoms with van der Waals surface area (Å²) in [6, 6.07) is 10.9. The fourth-order valence-corrected chi connectivity index (χ4v) is 4.89. The number of aryl methyl sites for hydroxylation is 1. The van der Waals surface area contributed by atoms with Crippen molar-refractivity contribution < 1.29 is 4.79 Å². The van der Waals surface area contributed by atoms with Crippen molar-refractivity contribution in [1.82, 2.24) is 20.2 Å². The van der Waals surface area contributed by atoms with Gasteiger partial charge in [0.15, 0.2) is 0 Å². The minimum Gasteiger partial charge on any atom is -0.348 e. The van der Waals surface area contributed by atoms with Crippen molar-refractivity contribution in [2.75, 3.05) is 6.54 Å². The van der Waals surface area contributed by atoms with E-state index in [9.17, 15) is 4.79 Å². The second kappa shape index (κ2) is 9.49. The molecule has 5 nitrogen and oxygen atoms in total. The molecule has 1 saturated carbocycles. The normalized spacial score (nSPS) is 21.1. The Balaban J connectivity index is 1.57. The lowest BCUT2D eigenvalue weighted by molar-refractivity contribution is 0.0684. The number of hydrogen-bond acceptors (Lipinski definition) is 4. The molecule has 5 heteroatoms. The first kappa shape index (κ1) is 20.0. The van der Waals surface area contributed by atoms with Gasteiger partial charge in [-0.2, -0.15) is 0 Å². The van der Waals surface area contributed by atoms with E-state index in [2.05, 4.69) is 15.2 Å². The van der Waals surface area contributed by atoms with Crippen LogP contribution in [0.5, 0.6) is 0 Å². The van der Waals surface area contributed by atoms with Crippen molar-refractivity contribution in [3.05, 3.63) is 59.2 Å². The molecule has 1 amide bonds. The van der Waals surface area contributed by atoms with E-state index in [1.165, 1.54) is 44.9 Å². The molecule has 1 aliphatic heterocycles. The van der Waals surface area contributed by atoms with Crippen molar-refractivity contribution in [2.24, 2.45) is 0 Å². The zero-order chi connectivity index (χ0) is 20.1. The van der Waals surface area contributed by atoms with E-state index in [-0.39, 0.29) is 11.9 Å². The summed E-state index contributed by atoms with van der Waals surface area (Å²) in [5.74, 6) is 0.673. The van der Waals surface area contributed by atoms with E-state index in [4.69, 9.17) is 4.98 Å². The molecule has 0 spiro atoms. The number of likely N-dealkylation sites (tertiary alicyclic amines) is 1. The molecule has 1 aliphatic carbocycles. The lowest BCUT2D eigenvalue weighted by Crippen LogP contribution is -2.43. The van der Waals surface area contributed by atoms with Gasteiger partial charge in [-0.1, -0.05) is 56.0 Å². The van der Waals surface area contributed by atoms with E-state index >= 15 is 0 Å². The van der Waals surface area contributed by atoms with Crippen LogP contribution in [0.25, 0.3) is 0 Å². The van der Waals surface area contributed by atoms with Crippen LogP contribution in [0.4, 0.5) is 0 Å².